The van der Waals surface area contributed by atoms with Crippen LogP contribution in [0.2, 0.25) is 0 Å². The minimum absolute atomic E-state index is 0.0655. The van der Waals surface area contributed by atoms with Crippen molar-refractivity contribution >= 4 is 63.0 Å². The van der Waals surface area contributed by atoms with E-state index in [1.165, 1.54) is 31.0 Å². The van der Waals surface area contributed by atoms with Gasteiger partial charge in [-0.2, -0.15) is 4.99 Å². The fourth-order valence-electron chi connectivity index (χ4n) is 3.78. The molecule has 0 fully saturated rings. The molecule has 0 saturated heterocycles. The average Bonchev–Trinajstić information content (AvgIpc) is 3.31. The molecule has 180 valence electrons. The van der Waals surface area contributed by atoms with E-state index in [2.05, 4.69) is 27.6 Å². The zero-order valence-corrected chi connectivity index (χ0v) is 22.0. The van der Waals surface area contributed by atoms with E-state index in [0.29, 0.717) is 22.2 Å². The summed E-state index contributed by atoms with van der Waals surface area (Å²) in [6.45, 7) is 0.245. The lowest BCUT2D eigenvalue weighted by Gasteiger charge is -2.27. The number of benzene rings is 3. The first kappa shape index (κ1) is 24.3. The Morgan fingerprint density at radius 1 is 1.14 bits per heavy atom. The number of hydrogen-bond donors (Lipinski definition) is 1. The molecule has 2 aliphatic rings. The van der Waals surface area contributed by atoms with Gasteiger partial charge in [0, 0.05) is 5.41 Å². The number of amides is 1. The number of hydrogen-bond acceptors (Lipinski definition) is 5. The normalized spacial score (nSPS) is 16.1. The lowest BCUT2D eigenvalue weighted by atomic mass is 10.1. The highest BCUT2D eigenvalue weighted by atomic mass is 127. The first-order valence-corrected chi connectivity index (χ1v) is 12.8. The van der Waals surface area contributed by atoms with Gasteiger partial charge in [-0.25, -0.2) is 4.39 Å². The molecule has 2 aliphatic heterocycles. The second-order valence-electron chi connectivity index (χ2n) is 7.88. The van der Waals surface area contributed by atoms with E-state index in [1.807, 2.05) is 41.8 Å². The number of aliphatic imine (C=N–C) groups is 1. The van der Waals surface area contributed by atoms with Crippen LogP contribution in [0.5, 0.6) is 11.5 Å². The van der Waals surface area contributed by atoms with Crippen molar-refractivity contribution in [3.63, 3.8) is 0 Å². The monoisotopic (exact) mass is 611 g/mol. The summed E-state index contributed by atoms with van der Waals surface area (Å²) in [4.78, 5) is 18.8. The molecule has 1 N–H and O–H groups in total. The number of amidine groups is 2. The molecule has 2 heterocycles. The summed E-state index contributed by atoms with van der Waals surface area (Å²) < 4.78 is 25.5. The van der Waals surface area contributed by atoms with Crippen LogP contribution in [0.15, 0.2) is 82.7 Å². The van der Waals surface area contributed by atoms with E-state index in [9.17, 15) is 9.18 Å². The van der Waals surface area contributed by atoms with Crippen LogP contribution in [0, 0.1) is 14.8 Å². The Balaban J connectivity index is 1.43. The number of fused-ring (bicyclic) bond motifs is 1. The minimum atomic E-state index is -0.466. The lowest BCUT2D eigenvalue weighted by molar-refractivity contribution is -0.114. The van der Waals surface area contributed by atoms with Crippen LogP contribution in [-0.4, -0.2) is 28.9 Å². The smallest absolute Gasteiger partial charge is 0.283 e. The number of carbonyl (C=O) groups excluding carboxylic acids is 1. The van der Waals surface area contributed by atoms with Crippen LogP contribution >= 0.6 is 34.4 Å². The van der Waals surface area contributed by atoms with Crippen molar-refractivity contribution < 1.29 is 18.7 Å². The van der Waals surface area contributed by atoms with E-state index in [4.69, 9.17) is 14.9 Å². The van der Waals surface area contributed by atoms with Gasteiger partial charge >= 0.3 is 0 Å². The maximum Gasteiger partial charge on any atom is 0.283 e. The van der Waals surface area contributed by atoms with Gasteiger partial charge in [0.1, 0.15) is 18.3 Å². The van der Waals surface area contributed by atoms with Crippen molar-refractivity contribution in [3.8, 4) is 11.5 Å². The summed E-state index contributed by atoms with van der Waals surface area (Å²) in [5.41, 5.74) is 3.42. The molecule has 0 aliphatic carbocycles. The predicted octanol–water partition coefficient (Wildman–Crippen LogP) is 6.32. The number of nitrogens with zero attached hydrogens (tertiary/aromatic N) is 2. The van der Waals surface area contributed by atoms with Gasteiger partial charge in [0.2, 0.25) is 0 Å². The highest BCUT2D eigenvalue weighted by Crippen LogP contribution is 2.39. The Morgan fingerprint density at radius 2 is 1.89 bits per heavy atom. The lowest BCUT2D eigenvalue weighted by Crippen LogP contribution is -2.38. The second kappa shape index (κ2) is 10.3. The Labute approximate surface area is 225 Å². The van der Waals surface area contributed by atoms with Gasteiger partial charge in [-0.05, 0) is 69.6 Å². The molecule has 0 aromatic heterocycles. The molecule has 5 rings (SSSR count). The number of ether oxygens (including phenoxy) is 2. The van der Waals surface area contributed by atoms with Crippen molar-refractivity contribution in [2.75, 3.05) is 7.11 Å². The second-order valence-corrected chi connectivity index (χ2v) is 9.88. The molecule has 0 radical (unpaired) electrons. The Hall–Kier alpha value is -3.44. The SMILES string of the molecule is COc1cc(C=C2C(=N)N3C(c4ccccc4)=CSC3=NC2=O)cc(I)c1OCc1ccc(F)cc1. The van der Waals surface area contributed by atoms with Crippen LogP contribution in [0.3, 0.4) is 0 Å². The standard InChI is InChI=1S/C27H19FIN3O3S/c1-34-23-13-17(12-21(29)24(23)35-14-16-7-9-19(28)10-8-16)11-20-25(30)32-22(18-5-3-2-4-6-18)15-36-27(32)31-26(20)33/h2-13,15,30H,14H2,1H3. The van der Waals surface area contributed by atoms with E-state index in [0.717, 1.165) is 20.4 Å². The van der Waals surface area contributed by atoms with Crippen LogP contribution in [-0.2, 0) is 11.4 Å². The summed E-state index contributed by atoms with van der Waals surface area (Å²) in [7, 11) is 1.54. The van der Waals surface area contributed by atoms with E-state index in [-0.39, 0.29) is 23.8 Å². The van der Waals surface area contributed by atoms with Gasteiger partial charge in [-0.3, -0.25) is 15.1 Å². The number of rotatable bonds is 6. The topological polar surface area (TPSA) is 75.0 Å². The summed E-state index contributed by atoms with van der Waals surface area (Å²) in [6, 6.07) is 19.4. The van der Waals surface area contributed by atoms with Crippen LogP contribution < -0.4 is 9.47 Å². The van der Waals surface area contributed by atoms with Gasteiger partial charge in [-0.1, -0.05) is 54.2 Å². The zero-order chi connectivity index (χ0) is 25.2. The van der Waals surface area contributed by atoms with Crippen molar-refractivity contribution in [3.05, 3.63) is 104 Å². The molecule has 0 unspecified atom stereocenters. The average molecular weight is 611 g/mol. The molecular formula is C27H19FIN3O3S. The molecule has 3 aromatic rings. The Morgan fingerprint density at radius 3 is 2.61 bits per heavy atom. The first-order valence-electron chi connectivity index (χ1n) is 10.9. The summed E-state index contributed by atoms with van der Waals surface area (Å²) in [6.07, 6.45) is 1.64. The highest BCUT2D eigenvalue weighted by Gasteiger charge is 2.36. The highest BCUT2D eigenvalue weighted by molar-refractivity contribution is 14.1. The maximum absolute atomic E-state index is 13.2. The fourth-order valence-corrected chi connectivity index (χ4v) is 5.45. The molecule has 6 nitrogen and oxygen atoms in total. The van der Waals surface area contributed by atoms with Crippen molar-refractivity contribution in [2.45, 2.75) is 6.61 Å². The number of methoxy groups -OCH3 is 1. The number of halogens is 2. The third-order valence-corrected chi connectivity index (χ3v) is 7.17. The van der Waals surface area contributed by atoms with Crippen LogP contribution in [0.4, 0.5) is 4.39 Å². The number of thioether (sulfide) groups is 1. The van der Waals surface area contributed by atoms with Crippen LogP contribution in [0.25, 0.3) is 11.8 Å². The van der Waals surface area contributed by atoms with Gasteiger partial charge in [0.05, 0.1) is 22.0 Å². The molecule has 0 bridgehead atoms. The largest absolute Gasteiger partial charge is 0.493 e. The molecule has 1 amide bonds. The van der Waals surface area contributed by atoms with E-state index < -0.39 is 5.91 Å². The third kappa shape index (κ3) is 4.80. The summed E-state index contributed by atoms with van der Waals surface area (Å²) in [5.74, 6) is 0.320. The Bertz CT molecular complexity index is 1450. The summed E-state index contributed by atoms with van der Waals surface area (Å²) >= 11 is 3.47. The molecule has 0 spiro atoms. The maximum atomic E-state index is 13.2. The third-order valence-electron chi connectivity index (χ3n) is 5.54. The minimum Gasteiger partial charge on any atom is -0.493 e. The molecule has 0 saturated carbocycles. The molecule has 3 aromatic carbocycles. The molecule has 0 atom stereocenters. The zero-order valence-electron chi connectivity index (χ0n) is 19.0. The predicted molar refractivity (Wildman–Crippen MR) is 148 cm³/mol. The number of nitrogens with one attached hydrogen (secondary N) is 1. The van der Waals surface area contributed by atoms with Gasteiger partial charge < -0.3 is 9.47 Å². The van der Waals surface area contributed by atoms with E-state index in [1.54, 1.807) is 29.2 Å². The van der Waals surface area contributed by atoms with Crippen molar-refractivity contribution in [2.24, 2.45) is 4.99 Å². The van der Waals surface area contributed by atoms with Crippen molar-refractivity contribution in [1.82, 2.24) is 4.90 Å². The van der Waals surface area contributed by atoms with Gasteiger partial charge in [0.15, 0.2) is 16.7 Å². The van der Waals surface area contributed by atoms with E-state index >= 15 is 0 Å². The van der Waals surface area contributed by atoms with Gasteiger partial charge in [0.25, 0.3) is 5.91 Å². The molecular weight excluding hydrogens is 592 g/mol. The first-order chi connectivity index (χ1) is 17.4. The van der Waals surface area contributed by atoms with Gasteiger partial charge in [-0.15, -0.1) is 0 Å². The molecule has 9 heteroatoms. The van der Waals surface area contributed by atoms with Crippen LogP contribution in [0.1, 0.15) is 16.7 Å². The summed E-state index contributed by atoms with van der Waals surface area (Å²) in [5, 5.41) is 11.2. The Kier molecular flexibility index (Phi) is 6.92. The number of carbonyl (C=O) groups is 1. The van der Waals surface area contributed by atoms with Crippen molar-refractivity contribution in [1.29, 1.82) is 5.41 Å². The molecule has 36 heavy (non-hydrogen) atoms. The fraction of sp³-hybridized carbons (Fsp3) is 0.0741. The quantitative estimate of drug-likeness (QED) is 0.261.